The van der Waals surface area contributed by atoms with Crippen molar-refractivity contribution in [2.24, 2.45) is 11.1 Å². The molecule has 88 valence electrons. The summed E-state index contributed by atoms with van der Waals surface area (Å²) >= 11 is 0. The first-order valence-corrected chi connectivity index (χ1v) is 5.01. The molecule has 0 bridgehead atoms. The molecular weight excluding hydrogens is 198 g/mol. The molecule has 1 atom stereocenters. The van der Waals surface area contributed by atoms with Gasteiger partial charge < -0.3 is 15.2 Å². The maximum absolute atomic E-state index is 11.6. The van der Waals surface area contributed by atoms with Crippen molar-refractivity contribution in [3.8, 4) is 0 Å². The zero-order valence-corrected chi connectivity index (χ0v) is 9.70. The molecule has 5 nitrogen and oxygen atoms in total. The Kier molecular flexibility index (Phi) is 5.28. The highest BCUT2D eigenvalue weighted by Crippen LogP contribution is 2.24. The summed E-state index contributed by atoms with van der Waals surface area (Å²) in [5, 5.41) is 0. The highest BCUT2D eigenvalue weighted by atomic mass is 16.6. The second kappa shape index (κ2) is 5.70. The Morgan fingerprint density at radius 1 is 1.20 bits per heavy atom. The predicted octanol–water partition coefficient (Wildman–Crippen LogP) is 0.466. The molecular formula is C10H19NO4. The fourth-order valence-electron chi connectivity index (χ4n) is 1.02. The smallest absolute Gasteiger partial charge is 0.324 e. The summed E-state index contributed by atoms with van der Waals surface area (Å²) in [5.41, 5.74) is 4.21. The molecule has 0 saturated carbocycles. The summed E-state index contributed by atoms with van der Waals surface area (Å²) in [6.07, 6.45) is 0. The third kappa shape index (κ3) is 2.92. The van der Waals surface area contributed by atoms with Gasteiger partial charge in [0.25, 0.3) is 0 Å². The summed E-state index contributed by atoms with van der Waals surface area (Å²) in [7, 11) is 0. The van der Waals surface area contributed by atoms with Crippen LogP contribution in [0.4, 0.5) is 0 Å². The average molecular weight is 217 g/mol. The molecule has 0 aromatic carbocycles. The maximum Gasteiger partial charge on any atom is 0.324 e. The maximum atomic E-state index is 11.6. The van der Waals surface area contributed by atoms with E-state index in [0.717, 1.165) is 0 Å². The van der Waals surface area contributed by atoms with E-state index in [1.807, 2.05) is 0 Å². The fraction of sp³-hybridized carbons (Fsp3) is 0.800. The van der Waals surface area contributed by atoms with Gasteiger partial charge in [-0.15, -0.1) is 0 Å². The minimum absolute atomic E-state index is 0.209. The molecule has 0 amide bonds. The van der Waals surface area contributed by atoms with Crippen molar-refractivity contribution in [3.63, 3.8) is 0 Å². The van der Waals surface area contributed by atoms with Crippen LogP contribution in [-0.2, 0) is 19.1 Å². The molecule has 0 aromatic heterocycles. The molecule has 2 N–H and O–H groups in total. The van der Waals surface area contributed by atoms with Crippen molar-refractivity contribution < 1.29 is 19.1 Å². The molecule has 5 heteroatoms. The van der Waals surface area contributed by atoms with Crippen molar-refractivity contribution in [1.29, 1.82) is 0 Å². The number of nitrogens with two attached hydrogens (primary N) is 1. The monoisotopic (exact) mass is 217 g/mol. The summed E-state index contributed by atoms with van der Waals surface area (Å²) in [4.78, 5) is 23.2. The summed E-state index contributed by atoms with van der Waals surface area (Å²) in [6.45, 7) is 6.78. The van der Waals surface area contributed by atoms with Crippen LogP contribution in [0.15, 0.2) is 0 Å². The highest BCUT2D eigenvalue weighted by Gasteiger charge is 2.47. The van der Waals surface area contributed by atoms with Gasteiger partial charge in [-0.05, 0) is 27.7 Å². The first-order valence-electron chi connectivity index (χ1n) is 5.01. The van der Waals surface area contributed by atoms with Crippen LogP contribution >= 0.6 is 0 Å². The van der Waals surface area contributed by atoms with Crippen LogP contribution in [0, 0.1) is 5.41 Å². The molecule has 0 aliphatic rings. The molecule has 1 unspecified atom stereocenters. The highest BCUT2D eigenvalue weighted by molar-refractivity contribution is 6.00. The van der Waals surface area contributed by atoms with Crippen LogP contribution < -0.4 is 5.73 Å². The number of hydrogen-bond donors (Lipinski definition) is 1. The predicted molar refractivity (Wildman–Crippen MR) is 55.0 cm³/mol. The number of carbonyl (C=O) groups excluding carboxylic acids is 2. The lowest BCUT2D eigenvalue weighted by Gasteiger charge is -2.28. The van der Waals surface area contributed by atoms with E-state index in [1.165, 1.54) is 6.92 Å². The lowest BCUT2D eigenvalue weighted by Crippen LogP contribution is -2.51. The zero-order chi connectivity index (χ0) is 12.1. The van der Waals surface area contributed by atoms with Gasteiger partial charge in [0.05, 0.1) is 13.2 Å². The Bertz CT molecular complexity index is 220. The lowest BCUT2D eigenvalue weighted by molar-refractivity contribution is -0.171. The van der Waals surface area contributed by atoms with E-state index in [0.29, 0.717) is 0 Å². The molecule has 0 radical (unpaired) electrons. The van der Waals surface area contributed by atoms with E-state index in [1.54, 1.807) is 20.8 Å². The number of hydrogen-bond acceptors (Lipinski definition) is 5. The van der Waals surface area contributed by atoms with Gasteiger partial charge in [0.1, 0.15) is 0 Å². The van der Waals surface area contributed by atoms with Gasteiger partial charge in [-0.25, -0.2) is 0 Å². The molecule has 15 heavy (non-hydrogen) atoms. The quantitative estimate of drug-likeness (QED) is 0.535. The van der Waals surface area contributed by atoms with E-state index >= 15 is 0 Å². The molecule has 0 aromatic rings. The minimum Gasteiger partial charge on any atom is -0.465 e. The summed E-state index contributed by atoms with van der Waals surface area (Å²) < 4.78 is 9.63. The Balaban J connectivity index is 4.88. The molecule has 0 aliphatic heterocycles. The molecule has 0 aliphatic carbocycles. The number of rotatable bonds is 5. The second-order valence-corrected chi connectivity index (χ2v) is 3.43. The Morgan fingerprint density at radius 3 is 1.73 bits per heavy atom. The second-order valence-electron chi connectivity index (χ2n) is 3.43. The van der Waals surface area contributed by atoms with Gasteiger partial charge in [-0.1, -0.05) is 0 Å². The summed E-state index contributed by atoms with van der Waals surface area (Å²) in [6, 6.07) is -0.657. The van der Waals surface area contributed by atoms with E-state index in [2.05, 4.69) is 0 Å². The summed E-state index contributed by atoms with van der Waals surface area (Å²) in [5.74, 6) is -1.28. The van der Waals surface area contributed by atoms with E-state index in [4.69, 9.17) is 15.2 Å². The van der Waals surface area contributed by atoms with Crippen LogP contribution in [0.1, 0.15) is 27.7 Å². The minimum atomic E-state index is -1.42. The van der Waals surface area contributed by atoms with E-state index in [9.17, 15) is 9.59 Å². The number of carbonyl (C=O) groups is 2. The molecule has 0 fully saturated rings. The number of ether oxygens (including phenoxy) is 2. The van der Waals surface area contributed by atoms with Gasteiger partial charge >= 0.3 is 11.9 Å². The van der Waals surface area contributed by atoms with Gasteiger partial charge in [-0.2, -0.15) is 0 Å². The van der Waals surface area contributed by atoms with Crippen molar-refractivity contribution in [2.75, 3.05) is 13.2 Å². The van der Waals surface area contributed by atoms with Crippen LogP contribution in [-0.4, -0.2) is 31.2 Å². The molecule has 0 heterocycles. The molecule has 0 saturated heterocycles. The van der Waals surface area contributed by atoms with Gasteiger partial charge in [0, 0.05) is 6.04 Å². The van der Waals surface area contributed by atoms with Crippen molar-refractivity contribution in [3.05, 3.63) is 0 Å². The topological polar surface area (TPSA) is 78.6 Å². The first-order chi connectivity index (χ1) is 6.91. The van der Waals surface area contributed by atoms with Gasteiger partial charge in [-0.3, -0.25) is 9.59 Å². The fourth-order valence-corrected chi connectivity index (χ4v) is 1.02. The van der Waals surface area contributed by atoms with Crippen LogP contribution in [0.2, 0.25) is 0 Å². The SMILES string of the molecule is CCOC(=O)C(C)(C(=O)OCC)C(C)N. The standard InChI is InChI=1S/C10H19NO4/c1-5-14-8(12)10(4,7(3)11)9(13)15-6-2/h7H,5-6,11H2,1-4H3. The van der Waals surface area contributed by atoms with Crippen molar-refractivity contribution in [1.82, 2.24) is 0 Å². The third-order valence-electron chi connectivity index (χ3n) is 2.31. The van der Waals surface area contributed by atoms with Crippen LogP contribution in [0.3, 0.4) is 0 Å². The Morgan fingerprint density at radius 2 is 1.53 bits per heavy atom. The van der Waals surface area contributed by atoms with E-state index < -0.39 is 23.4 Å². The molecule has 0 spiro atoms. The first kappa shape index (κ1) is 13.9. The Hall–Kier alpha value is -1.10. The molecule has 0 rings (SSSR count). The normalized spacial score (nSPS) is 13.1. The van der Waals surface area contributed by atoms with Gasteiger partial charge in [0.2, 0.25) is 0 Å². The van der Waals surface area contributed by atoms with Crippen molar-refractivity contribution in [2.45, 2.75) is 33.7 Å². The van der Waals surface area contributed by atoms with Crippen LogP contribution in [0.5, 0.6) is 0 Å². The van der Waals surface area contributed by atoms with Crippen LogP contribution in [0.25, 0.3) is 0 Å². The Labute approximate surface area is 89.9 Å². The van der Waals surface area contributed by atoms with E-state index in [-0.39, 0.29) is 13.2 Å². The number of esters is 2. The van der Waals surface area contributed by atoms with Crippen molar-refractivity contribution >= 4 is 11.9 Å². The zero-order valence-electron chi connectivity index (χ0n) is 9.70. The van der Waals surface area contributed by atoms with Gasteiger partial charge in [0.15, 0.2) is 5.41 Å². The third-order valence-corrected chi connectivity index (χ3v) is 2.31. The lowest BCUT2D eigenvalue weighted by atomic mass is 9.83. The average Bonchev–Trinajstić information content (AvgIpc) is 2.16. The largest absolute Gasteiger partial charge is 0.465 e.